The van der Waals surface area contributed by atoms with Crippen LogP contribution in [0.15, 0.2) is 47.4 Å². The van der Waals surface area contributed by atoms with Crippen LogP contribution in [0.25, 0.3) is 0 Å². The summed E-state index contributed by atoms with van der Waals surface area (Å²) in [6.07, 6.45) is 1.12. The minimum Gasteiger partial charge on any atom is -0.490 e. The average molecular weight is 395 g/mol. The zero-order valence-corrected chi connectivity index (χ0v) is 15.1. The monoisotopic (exact) mass is 395 g/mol. The summed E-state index contributed by atoms with van der Waals surface area (Å²) in [5.41, 5.74) is 0.000589. The fourth-order valence-corrected chi connectivity index (χ4v) is 3.80. The fraction of sp³-hybridized carbons (Fsp3) is 0.294. The van der Waals surface area contributed by atoms with Crippen molar-refractivity contribution in [3.05, 3.63) is 58.4 Å². The topological polar surface area (TPSA) is 116 Å². The van der Waals surface area contributed by atoms with Gasteiger partial charge in [0, 0.05) is 38.1 Å². The highest BCUT2D eigenvalue weighted by Gasteiger charge is 2.26. The SMILES string of the molecule is NS(=O)(=O)c1cc([N+](=O)[O-])ccc1N1CCC(Oc2ccc(F)cc2)CC1. The summed E-state index contributed by atoms with van der Waals surface area (Å²) in [4.78, 5) is 11.8. The fourth-order valence-electron chi connectivity index (χ4n) is 3.03. The van der Waals surface area contributed by atoms with Gasteiger partial charge in [0.05, 0.1) is 10.6 Å². The minimum atomic E-state index is -4.12. The first kappa shape index (κ1) is 19.1. The molecule has 0 amide bonds. The Morgan fingerprint density at radius 3 is 2.33 bits per heavy atom. The quantitative estimate of drug-likeness (QED) is 0.614. The third-order valence-electron chi connectivity index (χ3n) is 4.36. The molecule has 1 fully saturated rings. The first-order valence-corrected chi connectivity index (χ1v) is 9.77. The Labute approximate surface area is 155 Å². The molecule has 0 spiro atoms. The van der Waals surface area contributed by atoms with E-state index in [1.54, 1.807) is 12.1 Å². The molecule has 8 nitrogen and oxygen atoms in total. The summed E-state index contributed by atoms with van der Waals surface area (Å²) in [5.74, 6) is 0.223. The standard InChI is InChI=1S/C17H18FN3O5S/c18-12-1-4-14(5-2-12)26-15-7-9-20(10-8-15)16-6-3-13(21(22)23)11-17(16)27(19,24)25/h1-6,11,15H,7-10H2,(H2,19,24,25). The number of hydrogen-bond donors (Lipinski definition) is 1. The summed E-state index contributed by atoms with van der Waals surface area (Å²) in [6.45, 7) is 0.985. The number of nitrogens with zero attached hydrogens (tertiary/aromatic N) is 2. The van der Waals surface area contributed by atoms with Crippen LogP contribution in [0.1, 0.15) is 12.8 Å². The number of piperidine rings is 1. The minimum absolute atomic E-state index is 0.0947. The van der Waals surface area contributed by atoms with E-state index in [4.69, 9.17) is 9.88 Å². The molecular weight excluding hydrogens is 377 g/mol. The van der Waals surface area contributed by atoms with Gasteiger partial charge in [-0.05, 0) is 30.3 Å². The van der Waals surface area contributed by atoms with E-state index in [9.17, 15) is 22.9 Å². The molecule has 0 bridgehead atoms. The van der Waals surface area contributed by atoms with Crippen LogP contribution in [0.3, 0.4) is 0 Å². The normalized spacial score (nSPS) is 15.6. The zero-order chi connectivity index (χ0) is 19.6. The van der Waals surface area contributed by atoms with Crippen molar-refractivity contribution in [2.24, 2.45) is 5.14 Å². The molecule has 0 radical (unpaired) electrons. The molecule has 2 aromatic rings. The van der Waals surface area contributed by atoms with E-state index in [2.05, 4.69) is 0 Å². The van der Waals surface area contributed by atoms with Gasteiger partial charge in [-0.15, -0.1) is 0 Å². The maximum atomic E-state index is 13.0. The van der Waals surface area contributed by atoms with Gasteiger partial charge in [0.2, 0.25) is 10.0 Å². The second-order valence-corrected chi connectivity index (χ2v) is 7.74. The lowest BCUT2D eigenvalue weighted by Gasteiger charge is -2.34. The van der Waals surface area contributed by atoms with E-state index in [1.807, 2.05) is 4.90 Å². The lowest BCUT2D eigenvalue weighted by molar-refractivity contribution is -0.385. The predicted octanol–water partition coefficient (Wildman–Crippen LogP) is 2.43. The number of nitro benzene ring substituents is 1. The molecule has 1 saturated heterocycles. The van der Waals surface area contributed by atoms with Crippen LogP contribution in [0.4, 0.5) is 15.8 Å². The maximum absolute atomic E-state index is 13.0. The molecule has 2 N–H and O–H groups in total. The first-order valence-electron chi connectivity index (χ1n) is 8.22. The van der Waals surface area contributed by atoms with Crippen LogP contribution in [-0.4, -0.2) is 32.5 Å². The number of benzene rings is 2. The maximum Gasteiger partial charge on any atom is 0.270 e. The molecule has 0 aliphatic carbocycles. The van der Waals surface area contributed by atoms with Crippen molar-refractivity contribution in [3.63, 3.8) is 0 Å². The molecule has 1 aliphatic rings. The summed E-state index contributed by atoms with van der Waals surface area (Å²) in [7, 11) is -4.12. The van der Waals surface area contributed by atoms with Crippen LogP contribution in [0.2, 0.25) is 0 Å². The van der Waals surface area contributed by atoms with E-state index in [1.165, 1.54) is 24.3 Å². The van der Waals surface area contributed by atoms with Crippen molar-refractivity contribution in [1.29, 1.82) is 0 Å². The van der Waals surface area contributed by atoms with Crippen molar-refractivity contribution in [2.75, 3.05) is 18.0 Å². The molecule has 144 valence electrons. The van der Waals surface area contributed by atoms with Gasteiger partial charge in [-0.25, -0.2) is 17.9 Å². The van der Waals surface area contributed by atoms with Crippen LogP contribution in [-0.2, 0) is 10.0 Å². The molecule has 10 heteroatoms. The number of ether oxygens (including phenoxy) is 1. The highest BCUT2D eigenvalue weighted by molar-refractivity contribution is 7.89. The van der Waals surface area contributed by atoms with Crippen LogP contribution in [0.5, 0.6) is 5.75 Å². The zero-order valence-electron chi connectivity index (χ0n) is 14.2. The van der Waals surface area contributed by atoms with Gasteiger partial charge in [0.1, 0.15) is 22.6 Å². The average Bonchev–Trinajstić information content (AvgIpc) is 2.63. The Morgan fingerprint density at radius 2 is 1.78 bits per heavy atom. The Morgan fingerprint density at radius 1 is 1.15 bits per heavy atom. The number of primary sulfonamides is 1. The van der Waals surface area contributed by atoms with E-state index in [-0.39, 0.29) is 22.5 Å². The second-order valence-electron chi connectivity index (χ2n) is 6.21. The van der Waals surface area contributed by atoms with E-state index >= 15 is 0 Å². The van der Waals surface area contributed by atoms with Gasteiger partial charge in [-0.2, -0.15) is 0 Å². The van der Waals surface area contributed by atoms with Gasteiger partial charge in [-0.3, -0.25) is 10.1 Å². The molecule has 27 heavy (non-hydrogen) atoms. The molecule has 1 heterocycles. The van der Waals surface area contributed by atoms with Crippen LogP contribution in [0, 0.1) is 15.9 Å². The predicted molar refractivity (Wildman–Crippen MR) is 96.7 cm³/mol. The van der Waals surface area contributed by atoms with Crippen molar-refractivity contribution in [1.82, 2.24) is 0 Å². The van der Waals surface area contributed by atoms with Crippen molar-refractivity contribution < 1.29 is 22.5 Å². The molecule has 0 saturated carbocycles. The number of halogens is 1. The summed E-state index contributed by atoms with van der Waals surface area (Å²) < 4.78 is 42.5. The number of anilines is 1. The van der Waals surface area contributed by atoms with E-state index < -0.39 is 14.9 Å². The number of non-ortho nitro benzene ring substituents is 1. The molecule has 0 aromatic heterocycles. The third-order valence-corrected chi connectivity index (χ3v) is 5.30. The molecule has 0 atom stereocenters. The van der Waals surface area contributed by atoms with E-state index in [0.717, 1.165) is 6.07 Å². The second kappa shape index (κ2) is 7.49. The van der Waals surface area contributed by atoms with Gasteiger partial charge >= 0.3 is 0 Å². The number of rotatable bonds is 5. The lowest BCUT2D eigenvalue weighted by atomic mass is 10.1. The Kier molecular flexibility index (Phi) is 5.29. The van der Waals surface area contributed by atoms with Crippen molar-refractivity contribution in [2.45, 2.75) is 23.8 Å². The van der Waals surface area contributed by atoms with Gasteiger partial charge in [0.15, 0.2) is 0 Å². The number of sulfonamides is 1. The Balaban J connectivity index is 1.74. The highest BCUT2D eigenvalue weighted by Crippen LogP contribution is 2.31. The number of nitro groups is 1. The molecular formula is C17H18FN3O5S. The summed E-state index contributed by atoms with van der Waals surface area (Å²) in [6, 6.07) is 9.38. The molecule has 2 aromatic carbocycles. The van der Waals surface area contributed by atoms with Crippen LogP contribution < -0.4 is 14.8 Å². The van der Waals surface area contributed by atoms with E-state index in [0.29, 0.717) is 37.4 Å². The molecule has 1 aliphatic heterocycles. The third kappa shape index (κ3) is 4.52. The first-order chi connectivity index (χ1) is 12.7. The molecule has 3 rings (SSSR count). The number of nitrogens with two attached hydrogens (primary N) is 1. The summed E-state index contributed by atoms with van der Waals surface area (Å²) in [5, 5.41) is 16.2. The number of hydrogen-bond acceptors (Lipinski definition) is 6. The molecule has 0 unspecified atom stereocenters. The van der Waals surface area contributed by atoms with Gasteiger partial charge in [-0.1, -0.05) is 0 Å². The van der Waals surface area contributed by atoms with Gasteiger partial charge < -0.3 is 9.64 Å². The summed E-state index contributed by atoms with van der Waals surface area (Å²) >= 11 is 0. The van der Waals surface area contributed by atoms with Crippen molar-refractivity contribution >= 4 is 21.4 Å². The smallest absolute Gasteiger partial charge is 0.270 e. The Bertz CT molecular complexity index is 942. The van der Waals surface area contributed by atoms with Crippen molar-refractivity contribution in [3.8, 4) is 5.75 Å². The lowest BCUT2D eigenvalue weighted by Crippen LogP contribution is -2.39. The Hall–Kier alpha value is -2.72. The highest BCUT2D eigenvalue weighted by atomic mass is 32.2. The van der Waals surface area contributed by atoms with Gasteiger partial charge in [0.25, 0.3) is 5.69 Å². The largest absolute Gasteiger partial charge is 0.490 e. The van der Waals surface area contributed by atoms with Crippen LogP contribution >= 0.6 is 0 Å².